The van der Waals surface area contributed by atoms with Crippen LogP contribution in [0.15, 0.2) is 24.4 Å². The fourth-order valence-electron chi connectivity index (χ4n) is 3.58. The van der Waals surface area contributed by atoms with E-state index in [1.165, 1.54) is 19.2 Å². The van der Waals surface area contributed by atoms with Crippen LogP contribution in [-0.4, -0.2) is 48.8 Å². The van der Waals surface area contributed by atoms with E-state index in [0.717, 1.165) is 19.2 Å². The number of hydrogen-bond acceptors (Lipinski definition) is 5. The number of methoxy groups -OCH3 is 1. The number of nitrogens with one attached hydrogen (secondary N) is 1. The first kappa shape index (κ1) is 24.1. The number of nitrogens with two attached hydrogens (primary N) is 1. The first-order chi connectivity index (χ1) is 14.8. The Morgan fingerprint density at radius 3 is 2.62 bits per heavy atom. The van der Waals surface area contributed by atoms with Crippen LogP contribution in [0.25, 0.3) is 11.1 Å². The van der Waals surface area contributed by atoms with Gasteiger partial charge < -0.3 is 20.7 Å². The van der Waals surface area contributed by atoms with Crippen molar-refractivity contribution >= 4 is 23.2 Å². The minimum atomic E-state index is -4.62. The highest BCUT2D eigenvalue weighted by Crippen LogP contribution is 2.43. The summed E-state index contributed by atoms with van der Waals surface area (Å²) in [6, 6.07) is 1.85. The first-order valence-electron chi connectivity index (χ1n) is 9.78. The Balaban J connectivity index is 2.21. The van der Waals surface area contributed by atoms with Crippen molar-refractivity contribution in [3.63, 3.8) is 0 Å². The van der Waals surface area contributed by atoms with Crippen molar-refractivity contribution in [1.29, 1.82) is 0 Å². The van der Waals surface area contributed by atoms with Gasteiger partial charge in [-0.3, -0.25) is 4.79 Å². The van der Waals surface area contributed by atoms with Gasteiger partial charge in [0.2, 0.25) is 5.88 Å². The molecule has 32 heavy (non-hydrogen) atoms. The third kappa shape index (κ3) is 4.91. The van der Waals surface area contributed by atoms with Crippen LogP contribution < -0.4 is 20.7 Å². The van der Waals surface area contributed by atoms with Gasteiger partial charge in [-0.05, 0) is 38.0 Å². The summed E-state index contributed by atoms with van der Waals surface area (Å²) in [6.07, 6.45) is -2.87. The summed E-state index contributed by atoms with van der Waals surface area (Å²) in [4.78, 5) is 18.8. The van der Waals surface area contributed by atoms with Crippen molar-refractivity contribution in [3.05, 3.63) is 40.8 Å². The van der Waals surface area contributed by atoms with E-state index in [0.29, 0.717) is 36.3 Å². The topological polar surface area (TPSA) is 80.5 Å². The molecule has 3 N–H and O–H groups in total. The van der Waals surface area contributed by atoms with Gasteiger partial charge >= 0.3 is 6.18 Å². The van der Waals surface area contributed by atoms with Crippen LogP contribution in [0, 0.1) is 5.82 Å². The number of ether oxygens (including phenoxy) is 1. The van der Waals surface area contributed by atoms with Crippen LogP contribution in [0.5, 0.6) is 5.88 Å². The van der Waals surface area contributed by atoms with Crippen molar-refractivity contribution in [3.8, 4) is 17.0 Å². The molecule has 174 valence electrons. The molecule has 3 rings (SSSR count). The zero-order valence-corrected chi connectivity index (χ0v) is 18.4. The molecule has 2 aromatic rings. The fraction of sp³-hybridized carbons (Fsp3) is 0.429. The van der Waals surface area contributed by atoms with Crippen molar-refractivity contribution < 1.29 is 27.1 Å². The molecule has 1 aromatic carbocycles. The van der Waals surface area contributed by atoms with E-state index in [2.05, 4.69) is 4.98 Å². The van der Waals surface area contributed by atoms with Crippen LogP contribution >= 0.6 is 11.6 Å². The number of rotatable bonds is 5. The Kier molecular flexibility index (Phi) is 6.57. The number of alkyl halides is 3. The van der Waals surface area contributed by atoms with Crippen LogP contribution in [0.1, 0.15) is 30.6 Å². The molecule has 1 aliphatic heterocycles. The lowest BCUT2D eigenvalue weighted by Crippen LogP contribution is -2.44. The number of carbonyl (C=O) groups excluding carboxylic acids is 1. The molecule has 2 heterocycles. The second-order valence-electron chi connectivity index (χ2n) is 8.10. The number of halogens is 5. The van der Waals surface area contributed by atoms with Gasteiger partial charge in [-0.15, -0.1) is 0 Å². The Morgan fingerprint density at radius 2 is 2.09 bits per heavy atom. The molecule has 0 bridgehead atoms. The van der Waals surface area contributed by atoms with E-state index in [1.807, 2.05) is 12.2 Å². The molecule has 11 heteroatoms. The Hall–Kier alpha value is -2.59. The highest BCUT2D eigenvalue weighted by molar-refractivity contribution is 6.31. The standard InChI is InChI=1S/C21H23ClF4N4O2/c1-11(21(24,25)26)29-18(31)13-9-28-19(32-3)16(12-4-5-15(23)14(22)8-12)17(13)30-7-6-20(2,27)10-30/h4-5,8-9,11H,6-7,10,27H2,1-3H3,(H,29,31)/t11?,20-/m0/s1. The summed E-state index contributed by atoms with van der Waals surface area (Å²) in [5.41, 5.74) is 6.58. The van der Waals surface area contributed by atoms with Gasteiger partial charge in [-0.1, -0.05) is 17.7 Å². The summed E-state index contributed by atoms with van der Waals surface area (Å²) in [7, 11) is 1.36. The van der Waals surface area contributed by atoms with Crippen LogP contribution in [-0.2, 0) is 0 Å². The van der Waals surface area contributed by atoms with Crippen LogP contribution in [0.2, 0.25) is 5.02 Å². The maximum absolute atomic E-state index is 13.8. The quantitative estimate of drug-likeness (QED) is 0.636. The number of aromatic nitrogens is 1. The van der Waals surface area contributed by atoms with E-state index in [9.17, 15) is 22.4 Å². The molecule has 0 aliphatic carbocycles. The normalized spacial score (nSPS) is 19.7. The molecule has 1 unspecified atom stereocenters. The average Bonchev–Trinajstić information content (AvgIpc) is 3.07. The summed E-state index contributed by atoms with van der Waals surface area (Å²) in [5, 5.41) is 1.80. The fourth-order valence-corrected chi connectivity index (χ4v) is 3.76. The lowest BCUT2D eigenvalue weighted by Gasteiger charge is -2.28. The van der Waals surface area contributed by atoms with E-state index in [-0.39, 0.29) is 16.5 Å². The predicted octanol–water partition coefficient (Wildman–Crippen LogP) is 4.16. The van der Waals surface area contributed by atoms with E-state index < -0.39 is 29.5 Å². The number of carbonyl (C=O) groups is 1. The molecular weight excluding hydrogens is 452 g/mol. The number of anilines is 1. The SMILES string of the molecule is COc1ncc(C(=O)NC(C)C(F)(F)F)c(N2CC[C@](C)(N)C2)c1-c1ccc(F)c(Cl)c1. The Labute approximate surface area is 187 Å². The number of nitrogens with zero attached hydrogens (tertiary/aromatic N) is 2. The van der Waals surface area contributed by atoms with Gasteiger partial charge in [0.05, 0.1) is 28.9 Å². The second kappa shape index (κ2) is 8.74. The smallest absolute Gasteiger partial charge is 0.408 e. The minimum absolute atomic E-state index is 0.0879. The van der Waals surface area contributed by atoms with Crippen molar-refractivity contribution in [2.45, 2.75) is 38.0 Å². The largest absolute Gasteiger partial charge is 0.480 e. The van der Waals surface area contributed by atoms with Gasteiger partial charge in [0.15, 0.2) is 0 Å². The second-order valence-corrected chi connectivity index (χ2v) is 8.50. The van der Waals surface area contributed by atoms with Crippen LogP contribution in [0.3, 0.4) is 0 Å². The monoisotopic (exact) mass is 474 g/mol. The summed E-state index contributed by atoms with van der Waals surface area (Å²) >= 11 is 5.96. The van der Waals surface area contributed by atoms with Crippen molar-refractivity contribution in [1.82, 2.24) is 10.3 Å². The predicted molar refractivity (Wildman–Crippen MR) is 114 cm³/mol. The summed E-state index contributed by atoms with van der Waals surface area (Å²) in [5.74, 6) is -1.50. The highest BCUT2D eigenvalue weighted by atomic mass is 35.5. The third-order valence-electron chi connectivity index (χ3n) is 5.32. The third-order valence-corrected chi connectivity index (χ3v) is 5.61. The maximum atomic E-state index is 13.8. The summed E-state index contributed by atoms with van der Waals surface area (Å²) in [6.45, 7) is 3.46. The molecule has 1 fully saturated rings. The highest BCUT2D eigenvalue weighted by Gasteiger charge is 2.39. The van der Waals surface area contributed by atoms with E-state index >= 15 is 0 Å². The van der Waals surface area contributed by atoms with Gasteiger partial charge in [0.25, 0.3) is 5.91 Å². The molecule has 6 nitrogen and oxygen atoms in total. The van der Waals surface area contributed by atoms with E-state index in [4.69, 9.17) is 22.1 Å². The lowest BCUT2D eigenvalue weighted by molar-refractivity contribution is -0.149. The molecule has 1 aliphatic rings. The van der Waals surface area contributed by atoms with Gasteiger partial charge in [-0.2, -0.15) is 13.2 Å². The zero-order chi connectivity index (χ0) is 23.8. The number of amides is 1. The van der Waals surface area contributed by atoms with Crippen molar-refractivity contribution in [2.75, 3.05) is 25.1 Å². The molecule has 0 saturated carbocycles. The number of hydrogen-bond donors (Lipinski definition) is 2. The molecule has 1 aromatic heterocycles. The van der Waals surface area contributed by atoms with E-state index in [1.54, 1.807) is 4.90 Å². The molecule has 0 radical (unpaired) electrons. The minimum Gasteiger partial charge on any atom is -0.480 e. The average molecular weight is 475 g/mol. The summed E-state index contributed by atoms with van der Waals surface area (Å²) < 4.78 is 58.3. The lowest BCUT2D eigenvalue weighted by atomic mass is 10.00. The Bertz CT molecular complexity index is 1030. The van der Waals surface area contributed by atoms with Gasteiger partial charge in [0.1, 0.15) is 11.9 Å². The van der Waals surface area contributed by atoms with Gasteiger partial charge in [-0.25, -0.2) is 9.37 Å². The van der Waals surface area contributed by atoms with Crippen molar-refractivity contribution in [2.24, 2.45) is 5.73 Å². The maximum Gasteiger partial charge on any atom is 0.408 e. The molecule has 1 saturated heterocycles. The number of pyridine rings is 1. The zero-order valence-electron chi connectivity index (χ0n) is 17.7. The van der Waals surface area contributed by atoms with Crippen LogP contribution in [0.4, 0.5) is 23.2 Å². The molecule has 0 spiro atoms. The first-order valence-corrected chi connectivity index (χ1v) is 10.2. The molecule has 1 amide bonds. The Morgan fingerprint density at radius 1 is 1.41 bits per heavy atom. The van der Waals surface area contributed by atoms with Gasteiger partial charge in [0, 0.05) is 24.8 Å². The molecular formula is C21H23ClF4N4O2. The number of benzene rings is 1. The molecule has 2 atom stereocenters.